The summed E-state index contributed by atoms with van der Waals surface area (Å²) in [5.74, 6) is -14.2. The number of primary amides is 1. The number of amides is 13. The predicted octanol–water partition coefficient (Wildman–Crippen LogP) is -3.04. The van der Waals surface area contributed by atoms with Crippen molar-refractivity contribution in [2.45, 2.75) is 236 Å². The molecule has 4 aliphatic rings. The van der Waals surface area contributed by atoms with Gasteiger partial charge in [-0.25, -0.2) is 4.79 Å². The van der Waals surface area contributed by atoms with Crippen molar-refractivity contribution in [3.63, 3.8) is 0 Å². The Balaban J connectivity index is 1.46. The largest absolute Gasteiger partial charge is 0.508 e. The molecule has 0 saturated carbocycles. The van der Waals surface area contributed by atoms with Gasteiger partial charge in [0.15, 0.2) is 6.10 Å². The number of allylic oxidation sites excluding steroid dienone is 1. The van der Waals surface area contributed by atoms with E-state index in [0.29, 0.717) is 36.1 Å². The summed E-state index contributed by atoms with van der Waals surface area (Å²) in [6.45, 7) is 8.56. The molecule has 2 aromatic carbocycles. The summed E-state index contributed by atoms with van der Waals surface area (Å²) in [6.07, 6.45) is -9.84. The van der Waals surface area contributed by atoms with Crippen LogP contribution in [-0.2, 0) is 84.7 Å². The molecule has 0 aliphatic carbocycles. The second kappa shape index (κ2) is 41.6. The Morgan fingerprint density at radius 3 is 1.79 bits per heavy atom. The van der Waals surface area contributed by atoms with Gasteiger partial charge in [-0.2, -0.15) is 0 Å². The van der Waals surface area contributed by atoms with Crippen molar-refractivity contribution in [3.05, 3.63) is 71.4 Å². The van der Waals surface area contributed by atoms with Crippen LogP contribution >= 0.6 is 0 Å². The number of hydrogen-bond acceptors (Lipinski definition) is 22. The molecule has 13 amide bonds. The number of likely N-dealkylation sites (N-methyl/N-ethyl adjacent to an activating group) is 1. The Labute approximate surface area is 632 Å². The van der Waals surface area contributed by atoms with E-state index in [0.717, 1.165) is 22.8 Å². The molecule has 16 N–H and O–H groups in total. The number of aromatic hydroxyl groups is 1. The number of hydrogen-bond donors (Lipinski definition) is 15. The zero-order valence-electron chi connectivity index (χ0n) is 63.2. The van der Waals surface area contributed by atoms with E-state index in [9.17, 15) is 88.2 Å². The first-order valence-electron chi connectivity index (χ1n) is 37.1. The number of nitrogens with one attached hydrogen (secondary N) is 8. The summed E-state index contributed by atoms with van der Waals surface area (Å²) >= 11 is 0. The number of carbonyl (C=O) groups excluding carboxylic acids is 14. The molecule has 16 atom stereocenters. The smallest absolute Gasteiger partial charge is 0.329 e. The summed E-state index contributed by atoms with van der Waals surface area (Å²) < 4.78 is 11.4. The lowest BCUT2D eigenvalue weighted by atomic mass is 9.93. The maximum absolute atomic E-state index is 15.3. The number of rotatable bonds is 23. The average Bonchev–Trinajstić information content (AvgIpc) is 1.71. The monoisotopic (exact) mass is 1530 g/mol. The number of aryl methyl sites for hydroxylation is 1. The molecule has 35 heteroatoms. The van der Waals surface area contributed by atoms with Crippen molar-refractivity contribution in [1.29, 1.82) is 0 Å². The summed E-state index contributed by atoms with van der Waals surface area (Å²) in [5.41, 5.74) is 6.07. The van der Waals surface area contributed by atoms with Crippen LogP contribution in [0.5, 0.6) is 11.5 Å². The fourth-order valence-electron chi connectivity index (χ4n) is 13.6. The fourth-order valence-corrected chi connectivity index (χ4v) is 13.6. The van der Waals surface area contributed by atoms with Crippen LogP contribution in [0, 0.1) is 11.8 Å². The van der Waals surface area contributed by atoms with Gasteiger partial charge in [-0.3, -0.25) is 62.3 Å². The minimum atomic E-state index is -2.52. The minimum absolute atomic E-state index is 0.00637. The quantitative estimate of drug-likeness (QED) is 0.0388. The number of aliphatic hydroxyl groups excluding tert-OH is 5. The molecule has 4 saturated heterocycles. The van der Waals surface area contributed by atoms with Gasteiger partial charge in [0, 0.05) is 59.3 Å². The van der Waals surface area contributed by atoms with E-state index < -0.39 is 224 Å². The number of phenolic OH excluding ortho intramolecular Hbond substituents is 1. The molecule has 4 heterocycles. The highest BCUT2D eigenvalue weighted by molar-refractivity contribution is 6.03. The number of carbonyl (C=O) groups is 14. The Bertz CT molecular complexity index is 3580. The molecule has 35 nitrogen and oxygen atoms in total. The van der Waals surface area contributed by atoms with Crippen LogP contribution in [-0.4, -0.2) is 271 Å². The Morgan fingerprint density at radius 2 is 1.22 bits per heavy atom. The zero-order chi connectivity index (χ0) is 80.7. The molecule has 602 valence electrons. The van der Waals surface area contributed by atoms with E-state index in [1.807, 2.05) is 0 Å². The van der Waals surface area contributed by atoms with Crippen molar-refractivity contribution in [2.75, 3.05) is 46.9 Å². The number of fused-ring (bicyclic) bond motifs is 3. The maximum Gasteiger partial charge on any atom is 0.329 e. The van der Waals surface area contributed by atoms with Crippen LogP contribution in [0.1, 0.15) is 143 Å². The van der Waals surface area contributed by atoms with Gasteiger partial charge in [-0.15, -0.1) is 0 Å². The molecule has 0 radical (unpaired) electrons. The van der Waals surface area contributed by atoms with Gasteiger partial charge < -0.3 is 108 Å². The van der Waals surface area contributed by atoms with Crippen LogP contribution in [0.3, 0.4) is 0 Å². The van der Waals surface area contributed by atoms with E-state index in [1.165, 1.54) is 62.1 Å². The first kappa shape index (κ1) is 88.1. The number of ether oxygens (including phenoxy) is 2. The third kappa shape index (κ3) is 24.8. The van der Waals surface area contributed by atoms with Gasteiger partial charge in [0.05, 0.1) is 44.6 Å². The van der Waals surface area contributed by atoms with E-state index in [2.05, 4.69) is 42.5 Å². The second-order valence-corrected chi connectivity index (χ2v) is 28.7. The van der Waals surface area contributed by atoms with Crippen LogP contribution in [0.15, 0.2) is 60.3 Å². The van der Waals surface area contributed by atoms with Gasteiger partial charge in [-0.1, -0.05) is 64.5 Å². The molecule has 4 fully saturated rings. The van der Waals surface area contributed by atoms with E-state index in [-0.39, 0.29) is 82.7 Å². The van der Waals surface area contributed by atoms with Crippen molar-refractivity contribution < 1.29 is 107 Å². The highest BCUT2D eigenvalue weighted by Gasteiger charge is 2.46. The summed E-state index contributed by atoms with van der Waals surface area (Å²) in [7, 11) is 2.76. The Hall–Kier alpha value is -9.84. The predicted molar refractivity (Wildman–Crippen MR) is 389 cm³/mol. The van der Waals surface area contributed by atoms with Gasteiger partial charge in [0.1, 0.15) is 77.7 Å². The van der Waals surface area contributed by atoms with Crippen molar-refractivity contribution in [3.8, 4) is 11.5 Å². The second-order valence-electron chi connectivity index (χ2n) is 28.7. The summed E-state index contributed by atoms with van der Waals surface area (Å²) in [5, 5.41) is 87.1. The number of nitrogens with zero attached hydrogens (tertiary/aromatic N) is 4. The average molecular weight is 1530 g/mol. The number of aliphatic hydroxyl groups is 5. The first-order chi connectivity index (χ1) is 51.6. The third-order valence-electron chi connectivity index (χ3n) is 20.2. The summed E-state index contributed by atoms with van der Waals surface area (Å²) in [4.78, 5) is 205. The molecule has 7 unspecified atom stereocenters. The lowest BCUT2D eigenvalue weighted by molar-refractivity contribution is -0.162. The Kier molecular flexibility index (Phi) is 33.6. The molecular formula is C74H109N13O22. The molecule has 2 aromatic rings. The molecule has 0 bridgehead atoms. The van der Waals surface area contributed by atoms with Crippen molar-refractivity contribution in [2.24, 2.45) is 17.6 Å². The van der Waals surface area contributed by atoms with Crippen LogP contribution in [0.2, 0.25) is 0 Å². The third-order valence-corrected chi connectivity index (χ3v) is 20.2. The van der Waals surface area contributed by atoms with Crippen LogP contribution < -0.4 is 53.0 Å². The SMILES string of the molecule is C/C=C1/NC(=O)[C@H](CO)NC(=O)[C@@H]([C@@H](C)CC)NC(=O)[C@@H]2CCCN2C(=O)[C@@H]2CCCN2C(=O)CNC(=O)[C@H](CCC(N)=O)NC(=O)C(O)C(CC(CC(O)C(O)CC(C)C)OC(=O)C(Cc2ccc(O)cc2)N(C)C(C)=O)NC(=O)[C@@H]2CCCN2C(=O)C(CCc2ccc(OC)cc2)NC(=O)[C@H]([C@H](C)O)NC1=O. The maximum atomic E-state index is 15.3. The van der Waals surface area contributed by atoms with Crippen molar-refractivity contribution >= 4 is 82.8 Å². The number of nitrogens with two attached hydrogens (primary N) is 1. The summed E-state index contributed by atoms with van der Waals surface area (Å²) in [6, 6.07) is -3.38. The van der Waals surface area contributed by atoms with Crippen LogP contribution in [0.4, 0.5) is 0 Å². The highest BCUT2D eigenvalue weighted by Crippen LogP contribution is 2.28. The number of esters is 1. The minimum Gasteiger partial charge on any atom is -0.508 e. The molecule has 4 aliphatic heterocycles. The molecule has 6 rings (SSSR count). The van der Waals surface area contributed by atoms with Gasteiger partial charge in [0.25, 0.3) is 11.8 Å². The number of phenols is 1. The highest BCUT2D eigenvalue weighted by atomic mass is 16.5. The van der Waals surface area contributed by atoms with E-state index in [4.69, 9.17) is 15.2 Å². The van der Waals surface area contributed by atoms with Gasteiger partial charge in [0.2, 0.25) is 65.0 Å². The lowest BCUT2D eigenvalue weighted by Gasteiger charge is -2.34. The number of benzene rings is 2. The number of methoxy groups -OCH3 is 1. The standard InChI is InChI=1S/C74H109N13O22/c1-10-40(5)61-69(102)81-52(38-88)66(99)77-48(11-2)65(98)83-62(41(6)89)70(103)79-50(27-22-43-20-25-46(108-9)26-21-43)72(105)86-31-12-15-53(86)67(100)80-51(35-47(36-58(93)57(92)33-39(3)4)109-74(107)56(84(8)42(7)90)34-44-18-23-45(91)24-19-44)63(96)71(104)78-49(28-29-59(75)94)64(97)76-37-60(95)85-30-14-17-55(85)73(106)87-32-13-16-54(87)68(101)82-61/h11,18-21,23-26,39-41,47,49-58,61-63,88-89,91-93,96H,10,12-17,22,27-38H2,1-9H3,(H2,75,94)(H,76,97)(H,77,99)(H,78,104)(H,79,103)(H,80,100)(H,81,102)(H,82,101)(H,83,98)/b48-11+/t40-,41-,47?,49-,50?,51?,52-,53-,54-,55-,56?,57?,58?,61+,62-,63?/m0/s1. The van der Waals surface area contributed by atoms with Gasteiger partial charge in [-0.05, 0) is 125 Å². The topological polar surface area (TPSA) is 514 Å². The molecule has 0 spiro atoms. The van der Waals surface area contributed by atoms with Gasteiger partial charge >= 0.3 is 5.97 Å². The molecular weight excluding hydrogens is 1420 g/mol. The van der Waals surface area contributed by atoms with Crippen LogP contribution in [0.25, 0.3) is 0 Å². The lowest BCUT2D eigenvalue weighted by Crippen LogP contribution is -2.61. The van der Waals surface area contributed by atoms with Crippen molar-refractivity contribution in [1.82, 2.24) is 62.1 Å². The zero-order valence-corrected chi connectivity index (χ0v) is 63.2. The van der Waals surface area contributed by atoms with E-state index >= 15 is 9.59 Å². The Morgan fingerprint density at radius 1 is 0.661 bits per heavy atom. The molecule has 0 aromatic heterocycles. The fraction of sp³-hybridized carbons (Fsp3) is 0.622. The normalized spacial score (nSPS) is 25.8. The van der Waals surface area contributed by atoms with E-state index in [1.54, 1.807) is 52.0 Å². The molecule has 109 heavy (non-hydrogen) atoms. The first-order valence-corrected chi connectivity index (χ1v) is 37.1.